The summed E-state index contributed by atoms with van der Waals surface area (Å²) < 4.78 is 0. The molecule has 0 radical (unpaired) electrons. The quantitative estimate of drug-likeness (QED) is 0.831. The summed E-state index contributed by atoms with van der Waals surface area (Å²) >= 11 is 1.68. The lowest BCUT2D eigenvalue weighted by Gasteiger charge is -2.29. The normalized spacial score (nSPS) is 18.3. The number of thioether (sulfide) groups is 1. The first-order valence-corrected chi connectivity index (χ1v) is 7.28. The van der Waals surface area contributed by atoms with Crippen LogP contribution in [0.4, 0.5) is 0 Å². The molecule has 1 amide bonds. The second-order valence-electron chi connectivity index (χ2n) is 4.42. The van der Waals surface area contributed by atoms with Gasteiger partial charge in [-0.2, -0.15) is 0 Å². The average Bonchev–Trinajstić information content (AvgIpc) is 2.40. The second-order valence-corrected chi connectivity index (χ2v) is 5.67. The smallest absolute Gasteiger partial charge is 0.236 e. The van der Waals surface area contributed by atoms with E-state index in [1.165, 1.54) is 10.5 Å². The number of hydrogen-bond acceptors (Lipinski definition) is 2. The van der Waals surface area contributed by atoms with Crippen molar-refractivity contribution in [2.24, 2.45) is 0 Å². The van der Waals surface area contributed by atoms with Crippen molar-refractivity contribution in [3.63, 3.8) is 0 Å². The maximum Gasteiger partial charge on any atom is 0.236 e. The molecule has 0 N–H and O–H groups in total. The summed E-state index contributed by atoms with van der Waals surface area (Å²) in [6, 6.07) is 8.20. The predicted molar refractivity (Wildman–Crippen MR) is 77.7 cm³/mol. The van der Waals surface area contributed by atoms with Crippen LogP contribution in [0, 0.1) is 0 Å². The first-order chi connectivity index (χ1) is 8.67. The Kier molecular flexibility index (Phi) is 4.12. The molecule has 18 heavy (non-hydrogen) atoms. The summed E-state index contributed by atoms with van der Waals surface area (Å²) in [6.45, 7) is 9.72. The highest BCUT2D eigenvalue weighted by atomic mass is 32.2. The van der Waals surface area contributed by atoms with Crippen LogP contribution in [0.5, 0.6) is 0 Å². The van der Waals surface area contributed by atoms with Gasteiger partial charge in [0, 0.05) is 18.0 Å². The van der Waals surface area contributed by atoms with E-state index in [-0.39, 0.29) is 11.2 Å². The van der Waals surface area contributed by atoms with Gasteiger partial charge in [0.1, 0.15) is 0 Å². The fraction of sp³-hybridized carbons (Fsp3) is 0.400. The molecule has 2 nitrogen and oxygen atoms in total. The molecular formula is C15H19NOS. The highest BCUT2D eigenvalue weighted by molar-refractivity contribution is 8.00. The summed E-state index contributed by atoms with van der Waals surface area (Å²) in [4.78, 5) is 15.5. The minimum Gasteiger partial charge on any atom is -0.342 e. The molecule has 1 aliphatic rings. The number of carbonyl (C=O) groups excluding carboxylic acids is 1. The molecule has 0 aliphatic carbocycles. The van der Waals surface area contributed by atoms with E-state index in [2.05, 4.69) is 18.7 Å². The third-order valence-corrected chi connectivity index (χ3v) is 4.58. The Morgan fingerprint density at radius 1 is 1.39 bits per heavy atom. The van der Waals surface area contributed by atoms with Crippen molar-refractivity contribution in [1.82, 2.24) is 4.90 Å². The van der Waals surface area contributed by atoms with E-state index < -0.39 is 0 Å². The van der Waals surface area contributed by atoms with Gasteiger partial charge in [-0.05, 0) is 37.5 Å². The van der Waals surface area contributed by atoms with Crippen LogP contribution in [-0.2, 0) is 4.79 Å². The van der Waals surface area contributed by atoms with Gasteiger partial charge in [0.2, 0.25) is 5.91 Å². The number of benzene rings is 1. The zero-order valence-electron chi connectivity index (χ0n) is 11.0. The van der Waals surface area contributed by atoms with Crippen LogP contribution in [-0.4, -0.2) is 29.1 Å². The van der Waals surface area contributed by atoms with E-state index in [0.29, 0.717) is 0 Å². The molecule has 0 bridgehead atoms. The van der Waals surface area contributed by atoms with Gasteiger partial charge < -0.3 is 4.90 Å². The largest absolute Gasteiger partial charge is 0.342 e. The molecule has 1 aromatic rings. The van der Waals surface area contributed by atoms with Crippen LogP contribution in [0.15, 0.2) is 35.7 Å². The van der Waals surface area contributed by atoms with Crippen LogP contribution in [0.1, 0.15) is 25.8 Å². The SMILES string of the molecule is C=C1CC(C(=O)N(CC)CC)Sc2ccccc21. The van der Waals surface area contributed by atoms with Crippen LogP contribution in [0.25, 0.3) is 5.57 Å². The van der Waals surface area contributed by atoms with Crippen molar-refractivity contribution in [2.75, 3.05) is 13.1 Å². The highest BCUT2D eigenvalue weighted by Crippen LogP contribution is 2.41. The van der Waals surface area contributed by atoms with Gasteiger partial charge in [-0.25, -0.2) is 0 Å². The zero-order valence-corrected chi connectivity index (χ0v) is 11.8. The summed E-state index contributed by atoms with van der Waals surface area (Å²) in [7, 11) is 0. The molecule has 1 heterocycles. The van der Waals surface area contributed by atoms with Gasteiger partial charge in [0.15, 0.2) is 0 Å². The fourth-order valence-electron chi connectivity index (χ4n) is 2.27. The Bertz CT molecular complexity index is 465. The van der Waals surface area contributed by atoms with Crippen molar-refractivity contribution in [3.8, 4) is 0 Å². The number of amides is 1. The van der Waals surface area contributed by atoms with Crippen molar-refractivity contribution in [2.45, 2.75) is 30.4 Å². The van der Waals surface area contributed by atoms with Crippen LogP contribution in [0.3, 0.4) is 0 Å². The Hall–Kier alpha value is -1.22. The van der Waals surface area contributed by atoms with Crippen LogP contribution < -0.4 is 0 Å². The van der Waals surface area contributed by atoms with Crippen molar-refractivity contribution in [3.05, 3.63) is 36.4 Å². The van der Waals surface area contributed by atoms with Crippen LogP contribution in [0.2, 0.25) is 0 Å². The van der Waals surface area contributed by atoms with E-state index in [1.54, 1.807) is 11.8 Å². The summed E-state index contributed by atoms with van der Waals surface area (Å²) in [5, 5.41) is -0.00713. The lowest BCUT2D eigenvalue weighted by atomic mass is 10.0. The first kappa shape index (κ1) is 13.2. The number of allylic oxidation sites excluding steroid dienone is 1. The molecule has 0 fully saturated rings. The highest BCUT2D eigenvalue weighted by Gasteiger charge is 2.29. The van der Waals surface area contributed by atoms with Gasteiger partial charge in [0.05, 0.1) is 5.25 Å². The molecule has 1 aromatic carbocycles. The number of nitrogens with zero attached hydrogens (tertiary/aromatic N) is 1. The molecule has 2 rings (SSSR count). The van der Waals surface area contributed by atoms with E-state index in [0.717, 1.165) is 25.1 Å². The minimum absolute atomic E-state index is 0.00713. The van der Waals surface area contributed by atoms with E-state index >= 15 is 0 Å². The Labute approximate surface area is 113 Å². The number of carbonyl (C=O) groups is 1. The Morgan fingerprint density at radius 3 is 2.72 bits per heavy atom. The molecule has 0 aromatic heterocycles. The lowest BCUT2D eigenvalue weighted by molar-refractivity contribution is -0.130. The molecule has 1 unspecified atom stereocenters. The van der Waals surface area contributed by atoms with E-state index in [9.17, 15) is 4.79 Å². The third-order valence-electron chi connectivity index (χ3n) is 3.32. The fourth-order valence-corrected chi connectivity index (χ4v) is 3.60. The van der Waals surface area contributed by atoms with Crippen molar-refractivity contribution < 1.29 is 4.79 Å². The summed E-state index contributed by atoms with van der Waals surface area (Å²) in [5.74, 6) is 0.237. The maximum atomic E-state index is 12.4. The lowest BCUT2D eigenvalue weighted by Crippen LogP contribution is -2.38. The predicted octanol–water partition coefficient (Wildman–Crippen LogP) is 3.43. The topological polar surface area (TPSA) is 20.3 Å². The Morgan fingerprint density at radius 2 is 2.06 bits per heavy atom. The molecule has 0 saturated carbocycles. The summed E-state index contributed by atoms with van der Waals surface area (Å²) in [6.07, 6.45) is 0.761. The van der Waals surface area contributed by atoms with Gasteiger partial charge in [-0.1, -0.05) is 24.8 Å². The van der Waals surface area contributed by atoms with E-state index in [1.807, 2.05) is 30.9 Å². The first-order valence-electron chi connectivity index (χ1n) is 6.40. The summed E-state index contributed by atoms with van der Waals surface area (Å²) in [5.41, 5.74) is 2.28. The molecular weight excluding hydrogens is 242 g/mol. The average molecular weight is 261 g/mol. The second kappa shape index (κ2) is 5.61. The molecule has 96 valence electrons. The van der Waals surface area contributed by atoms with Crippen molar-refractivity contribution >= 4 is 23.2 Å². The number of hydrogen-bond donors (Lipinski definition) is 0. The van der Waals surface area contributed by atoms with Crippen LogP contribution >= 0.6 is 11.8 Å². The van der Waals surface area contributed by atoms with Gasteiger partial charge in [0.25, 0.3) is 0 Å². The standard InChI is InChI=1S/C15H19NOS/c1-4-16(5-2)15(17)14-10-11(3)12-8-6-7-9-13(12)18-14/h6-9,14H,3-5,10H2,1-2H3. The Balaban J connectivity index is 2.21. The van der Waals surface area contributed by atoms with Gasteiger partial charge in [-0.15, -0.1) is 11.8 Å². The zero-order chi connectivity index (χ0) is 13.1. The third kappa shape index (κ3) is 2.46. The van der Waals surface area contributed by atoms with Gasteiger partial charge >= 0.3 is 0 Å². The molecule has 1 atom stereocenters. The van der Waals surface area contributed by atoms with Gasteiger partial charge in [-0.3, -0.25) is 4.79 Å². The molecule has 0 spiro atoms. The molecule has 3 heteroatoms. The minimum atomic E-state index is -0.00713. The van der Waals surface area contributed by atoms with E-state index in [4.69, 9.17) is 0 Å². The molecule has 0 saturated heterocycles. The number of rotatable bonds is 3. The monoisotopic (exact) mass is 261 g/mol. The van der Waals surface area contributed by atoms with Crippen molar-refractivity contribution in [1.29, 1.82) is 0 Å². The number of fused-ring (bicyclic) bond motifs is 1. The maximum absolute atomic E-state index is 12.4. The molecule has 1 aliphatic heterocycles.